The number of nitrogens with zero attached hydrogens (tertiary/aromatic N) is 2. The summed E-state index contributed by atoms with van der Waals surface area (Å²) in [7, 11) is 5.47. The Hall–Kier alpha value is -1.71. The molecule has 1 amide bonds. The minimum absolute atomic E-state index is 0.00357. The van der Waals surface area contributed by atoms with Crippen LogP contribution in [-0.2, 0) is 0 Å². The van der Waals surface area contributed by atoms with E-state index in [1.165, 1.54) is 0 Å². The maximum absolute atomic E-state index is 11.9. The highest BCUT2D eigenvalue weighted by Gasteiger charge is 2.12. The highest BCUT2D eigenvalue weighted by Crippen LogP contribution is 2.24. The largest absolute Gasteiger partial charge is 0.397 e. The third-order valence-electron chi connectivity index (χ3n) is 2.65. The van der Waals surface area contributed by atoms with Gasteiger partial charge in [-0.2, -0.15) is 0 Å². The monoisotopic (exact) mass is 235 g/mol. The van der Waals surface area contributed by atoms with Crippen LogP contribution in [0.15, 0.2) is 18.2 Å². The van der Waals surface area contributed by atoms with Gasteiger partial charge >= 0.3 is 0 Å². The number of amides is 1. The summed E-state index contributed by atoms with van der Waals surface area (Å²) in [6.45, 7) is 3.03. The Bertz CT molecular complexity index is 402. The lowest BCUT2D eigenvalue weighted by molar-refractivity contribution is 0.0827. The first-order valence-corrected chi connectivity index (χ1v) is 5.79. The Morgan fingerprint density at radius 2 is 1.94 bits per heavy atom. The number of carbonyl (C=O) groups is 1. The Balaban J connectivity index is 3.06. The number of hydrogen-bond acceptors (Lipinski definition) is 3. The molecule has 1 rings (SSSR count). The first kappa shape index (κ1) is 13.4. The highest BCUT2D eigenvalue weighted by molar-refractivity contribution is 5.96. The Morgan fingerprint density at radius 1 is 1.29 bits per heavy atom. The quantitative estimate of drug-likeness (QED) is 0.810. The first-order chi connectivity index (χ1) is 7.97. The van der Waals surface area contributed by atoms with Crippen LogP contribution < -0.4 is 10.6 Å². The molecule has 0 saturated carbocycles. The van der Waals surface area contributed by atoms with E-state index in [0.29, 0.717) is 11.3 Å². The molecule has 4 nitrogen and oxygen atoms in total. The molecule has 1 aromatic carbocycles. The number of hydrogen-bond donors (Lipinski definition) is 1. The number of carbonyl (C=O) groups excluding carboxylic acids is 1. The standard InChI is InChI=1S/C13H21N3O/c1-5-8-16(4)12-9-10(6-7-11(12)14)13(17)15(2)3/h6-7,9H,5,8,14H2,1-4H3. The molecule has 0 aliphatic carbocycles. The zero-order chi connectivity index (χ0) is 13.0. The van der Waals surface area contributed by atoms with Gasteiger partial charge in [0.15, 0.2) is 0 Å². The summed E-state index contributed by atoms with van der Waals surface area (Å²) in [4.78, 5) is 15.5. The van der Waals surface area contributed by atoms with Crippen LogP contribution in [0, 0.1) is 0 Å². The summed E-state index contributed by atoms with van der Waals surface area (Å²) in [5, 5.41) is 0. The second-order valence-corrected chi connectivity index (χ2v) is 4.39. The Morgan fingerprint density at radius 3 is 2.47 bits per heavy atom. The summed E-state index contributed by atoms with van der Waals surface area (Å²) in [6, 6.07) is 5.41. The van der Waals surface area contributed by atoms with Gasteiger partial charge in [-0.15, -0.1) is 0 Å². The normalized spacial score (nSPS) is 10.1. The second-order valence-electron chi connectivity index (χ2n) is 4.39. The molecule has 0 heterocycles. The highest BCUT2D eigenvalue weighted by atomic mass is 16.2. The lowest BCUT2D eigenvalue weighted by Gasteiger charge is -2.21. The minimum Gasteiger partial charge on any atom is -0.397 e. The van der Waals surface area contributed by atoms with E-state index in [2.05, 4.69) is 11.8 Å². The van der Waals surface area contributed by atoms with Crippen molar-refractivity contribution >= 4 is 17.3 Å². The first-order valence-electron chi connectivity index (χ1n) is 5.79. The molecule has 0 unspecified atom stereocenters. The lowest BCUT2D eigenvalue weighted by Crippen LogP contribution is -2.23. The van der Waals surface area contributed by atoms with Gasteiger partial charge in [0.2, 0.25) is 0 Å². The summed E-state index contributed by atoms with van der Waals surface area (Å²) in [6.07, 6.45) is 1.04. The van der Waals surface area contributed by atoms with Crippen LogP contribution in [0.3, 0.4) is 0 Å². The number of nitrogens with two attached hydrogens (primary N) is 1. The fourth-order valence-electron chi connectivity index (χ4n) is 1.72. The molecule has 2 N–H and O–H groups in total. The molecule has 0 spiro atoms. The third-order valence-corrected chi connectivity index (χ3v) is 2.65. The van der Waals surface area contributed by atoms with Gasteiger partial charge in [-0.1, -0.05) is 6.92 Å². The van der Waals surface area contributed by atoms with Crippen molar-refractivity contribution in [2.24, 2.45) is 0 Å². The Labute approximate surface area is 103 Å². The van der Waals surface area contributed by atoms with Crippen molar-refractivity contribution in [3.8, 4) is 0 Å². The molecular formula is C13H21N3O. The van der Waals surface area contributed by atoms with Crippen molar-refractivity contribution in [3.63, 3.8) is 0 Å². The number of benzene rings is 1. The van der Waals surface area contributed by atoms with Crippen molar-refractivity contribution in [2.45, 2.75) is 13.3 Å². The molecule has 0 aliphatic rings. The zero-order valence-electron chi connectivity index (χ0n) is 11.0. The zero-order valence-corrected chi connectivity index (χ0v) is 11.0. The van der Waals surface area contributed by atoms with E-state index in [4.69, 9.17) is 5.73 Å². The van der Waals surface area contributed by atoms with Crippen molar-refractivity contribution in [1.82, 2.24) is 4.90 Å². The Kier molecular flexibility index (Phi) is 4.37. The summed E-state index contributed by atoms with van der Waals surface area (Å²) < 4.78 is 0. The van der Waals surface area contributed by atoms with E-state index in [0.717, 1.165) is 18.7 Å². The van der Waals surface area contributed by atoms with Crippen LogP contribution in [0.2, 0.25) is 0 Å². The van der Waals surface area contributed by atoms with E-state index in [1.54, 1.807) is 31.1 Å². The molecule has 0 aromatic heterocycles. The van der Waals surface area contributed by atoms with E-state index in [1.807, 2.05) is 13.1 Å². The predicted octanol–water partition coefficient (Wildman–Crippen LogP) is 1.82. The molecule has 17 heavy (non-hydrogen) atoms. The van der Waals surface area contributed by atoms with Gasteiger partial charge in [-0.05, 0) is 24.6 Å². The average Bonchev–Trinajstić information content (AvgIpc) is 2.28. The van der Waals surface area contributed by atoms with Gasteiger partial charge in [-0.25, -0.2) is 0 Å². The molecule has 1 aromatic rings. The predicted molar refractivity (Wildman–Crippen MR) is 72.4 cm³/mol. The average molecular weight is 235 g/mol. The number of anilines is 2. The summed E-state index contributed by atoms with van der Waals surface area (Å²) >= 11 is 0. The molecule has 4 heteroatoms. The van der Waals surface area contributed by atoms with Gasteiger partial charge in [-0.3, -0.25) is 4.79 Å². The summed E-state index contributed by atoms with van der Waals surface area (Å²) in [5.41, 5.74) is 8.22. The molecular weight excluding hydrogens is 214 g/mol. The van der Waals surface area contributed by atoms with E-state index in [-0.39, 0.29) is 5.91 Å². The number of rotatable bonds is 4. The molecule has 0 saturated heterocycles. The molecule has 0 atom stereocenters. The minimum atomic E-state index is -0.00357. The van der Waals surface area contributed by atoms with E-state index < -0.39 is 0 Å². The summed E-state index contributed by atoms with van der Waals surface area (Å²) in [5.74, 6) is -0.00357. The van der Waals surface area contributed by atoms with Gasteiger partial charge in [0.1, 0.15) is 0 Å². The van der Waals surface area contributed by atoms with Crippen LogP contribution in [0.1, 0.15) is 23.7 Å². The van der Waals surface area contributed by atoms with Crippen molar-refractivity contribution in [1.29, 1.82) is 0 Å². The van der Waals surface area contributed by atoms with Crippen LogP contribution in [0.5, 0.6) is 0 Å². The third kappa shape index (κ3) is 3.12. The van der Waals surface area contributed by atoms with Gasteiger partial charge in [0, 0.05) is 33.3 Å². The SMILES string of the molecule is CCCN(C)c1cc(C(=O)N(C)C)ccc1N. The maximum Gasteiger partial charge on any atom is 0.253 e. The van der Waals surface area contributed by atoms with Crippen LogP contribution in [0.25, 0.3) is 0 Å². The molecule has 0 radical (unpaired) electrons. The van der Waals surface area contributed by atoms with Gasteiger partial charge in [0.25, 0.3) is 5.91 Å². The molecule has 0 bridgehead atoms. The molecule has 0 fully saturated rings. The fraction of sp³-hybridized carbons (Fsp3) is 0.462. The second kappa shape index (κ2) is 5.57. The van der Waals surface area contributed by atoms with Crippen LogP contribution >= 0.6 is 0 Å². The maximum atomic E-state index is 11.9. The molecule has 94 valence electrons. The van der Waals surface area contributed by atoms with Crippen LogP contribution in [0.4, 0.5) is 11.4 Å². The van der Waals surface area contributed by atoms with Crippen LogP contribution in [-0.4, -0.2) is 38.5 Å². The fourth-order valence-corrected chi connectivity index (χ4v) is 1.72. The van der Waals surface area contributed by atoms with E-state index in [9.17, 15) is 4.79 Å². The van der Waals surface area contributed by atoms with Gasteiger partial charge in [0.05, 0.1) is 11.4 Å². The van der Waals surface area contributed by atoms with Crippen molar-refractivity contribution in [3.05, 3.63) is 23.8 Å². The lowest BCUT2D eigenvalue weighted by atomic mass is 10.1. The van der Waals surface area contributed by atoms with Crippen molar-refractivity contribution in [2.75, 3.05) is 38.3 Å². The smallest absolute Gasteiger partial charge is 0.253 e. The topological polar surface area (TPSA) is 49.6 Å². The van der Waals surface area contributed by atoms with Crippen molar-refractivity contribution < 1.29 is 4.79 Å². The number of nitrogen functional groups attached to an aromatic ring is 1. The van der Waals surface area contributed by atoms with Gasteiger partial charge < -0.3 is 15.5 Å². The van der Waals surface area contributed by atoms with E-state index >= 15 is 0 Å². The molecule has 0 aliphatic heterocycles.